The van der Waals surface area contributed by atoms with Crippen LogP contribution in [-0.2, 0) is 0 Å². The minimum atomic E-state index is -0.571. The molecule has 2 aromatic heterocycles. The predicted octanol–water partition coefficient (Wildman–Crippen LogP) is 1.30. The molecule has 4 rings (SSSR count). The number of hydrogen-bond donors (Lipinski definition) is 1. The number of hydrogen-bond acceptors (Lipinski definition) is 3. The van der Waals surface area contributed by atoms with Crippen molar-refractivity contribution in [2.45, 2.75) is 18.9 Å². The third-order valence-corrected chi connectivity index (χ3v) is 4.56. The number of nitrogens with one attached hydrogen (secondary N) is 1. The van der Waals surface area contributed by atoms with Gasteiger partial charge in [0.1, 0.15) is 5.65 Å². The number of piperidine rings is 1. The van der Waals surface area contributed by atoms with Gasteiger partial charge >= 0.3 is 0 Å². The molecule has 6 heteroatoms. The van der Waals surface area contributed by atoms with Crippen molar-refractivity contribution in [2.75, 3.05) is 19.6 Å². The smallest absolute Gasteiger partial charge is 0.277 e. The number of aromatic nitrogens is 2. The van der Waals surface area contributed by atoms with E-state index in [0.29, 0.717) is 30.7 Å². The zero-order valence-electron chi connectivity index (χ0n) is 11.6. The molecule has 2 saturated heterocycles. The summed E-state index contributed by atoms with van der Waals surface area (Å²) in [6.07, 6.45) is 3.86. The van der Waals surface area contributed by atoms with Gasteiger partial charge in [-0.05, 0) is 37.4 Å². The molecule has 0 saturated carbocycles. The highest BCUT2D eigenvalue weighted by Gasteiger charge is 2.38. The molecule has 21 heavy (non-hydrogen) atoms. The molecule has 2 aliphatic rings. The van der Waals surface area contributed by atoms with Crippen LogP contribution in [0.5, 0.6) is 0 Å². The molecule has 2 aliphatic heterocycles. The molecule has 0 bridgehead atoms. The van der Waals surface area contributed by atoms with Gasteiger partial charge in [0.25, 0.3) is 5.91 Å². The largest absolute Gasteiger partial charge is 0.335 e. The van der Waals surface area contributed by atoms with Gasteiger partial charge in [0.2, 0.25) is 5.95 Å². The molecule has 0 spiro atoms. The van der Waals surface area contributed by atoms with E-state index in [1.165, 1.54) is 4.40 Å². The lowest BCUT2D eigenvalue weighted by molar-refractivity contribution is 0.0775. The van der Waals surface area contributed by atoms with Crippen LogP contribution >= 0.6 is 0 Å². The van der Waals surface area contributed by atoms with Crippen molar-refractivity contribution >= 4 is 11.6 Å². The Morgan fingerprint density at radius 1 is 1.38 bits per heavy atom. The maximum Gasteiger partial charge on any atom is 0.277 e. The zero-order valence-corrected chi connectivity index (χ0v) is 11.6. The number of likely N-dealkylation sites (tertiary alicyclic amines) is 1. The lowest BCUT2D eigenvalue weighted by Gasteiger charge is -2.24. The molecule has 5 nitrogen and oxygen atoms in total. The first-order chi connectivity index (χ1) is 10.2. The summed E-state index contributed by atoms with van der Waals surface area (Å²) in [5.74, 6) is -0.381. The van der Waals surface area contributed by atoms with Gasteiger partial charge < -0.3 is 10.2 Å². The molecule has 1 amide bonds. The maximum absolute atomic E-state index is 14.3. The van der Waals surface area contributed by atoms with Crippen molar-refractivity contribution in [1.29, 1.82) is 0 Å². The van der Waals surface area contributed by atoms with Crippen molar-refractivity contribution in [1.82, 2.24) is 19.6 Å². The van der Waals surface area contributed by atoms with Crippen LogP contribution in [-0.4, -0.2) is 45.9 Å². The van der Waals surface area contributed by atoms with Gasteiger partial charge in [-0.1, -0.05) is 6.07 Å². The molecule has 0 aromatic carbocycles. The number of carbonyl (C=O) groups excluding carboxylic acids is 1. The third-order valence-electron chi connectivity index (χ3n) is 4.56. The minimum Gasteiger partial charge on any atom is -0.335 e. The molecule has 2 aromatic rings. The summed E-state index contributed by atoms with van der Waals surface area (Å²) in [5, 5.41) is 3.45. The molecule has 0 unspecified atom stereocenters. The van der Waals surface area contributed by atoms with Crippen LogP contribution in [0.2, 0.25) is 0 Å². The van der Waals surface area contributed by atoms with Crippen LogP contribution < -0.4 is 5.32 Å². The fourth-order valence-corrected chi connectivity index (χ4v) is 3.46. The SMILES string of the molecule is O=C(c1nc2ccccn2c1F)N1C[C@H]2CCCN[C@H]2C1. The molecule has 4 heterocycles. The first kappa shape index (κ1) is 12.8. The lowest BCUT2D eigenvalue weighted by atomic mass is 9.94. The second-order valence-corrected chi connectivity index (χ2v) is 5.85. The number of amides is 1. The van der Waals surface area contributed by atoms with Crippen molar-refractivity contribution in [3.63, 3.8) is 0 Å². The Balaban J connectivity index is 1.63. The molecule has 110 valence electrons. The molecule has 2 atom stereocenters. The standard InChI is InChI=1S/C15H17FN4O/c16-14-13(18-12-5-1-2-7-20(12)14)15(21)19-8-10-4-3-6-17-11(10)9-19/h1-2,5,7,10-11,17H,3-4,6,8-9H2/t10-,11+/m1/s1. The Labute approximate surface area is 121 Å². The number of halogens is 1. The van der Waals surface area contributed by atoms with E-state index in [-0.39, 0.29) is 11.6 Å². The van der Waals surface area contributed by atoms with E-state index < -0.39 is 5.95 Å². The van der Waals surface area contributed by atoms with E-state index in [0.717, 1.165) is 19.4 Å². The monoisotopic (exact) mass is 288 g/mol. The first-order valence-corrected chi connectivity index (χ1v) is 7.39. The van der Waals surface area contributed by atoms with Gasteiger partial charge in [0.05, 0.1) is 0 Å². The number of rotatable bonds is 1. The quantitative estimate of drug-likeness (QED) is 0.860. The Bertz CT molecular complexity index is 684. The van der Waals surface area contributed by atoms with Crippen LogP contribution in [0, 0.1) is 11.9 Å². The highest BCUT2D eigenvalue weighted by atomic mass is 19.1. The number of pyridine rings is 1. The van der Waals surface area contributed by atoms with Gasteiger partial charge in [0, 0.05) is 25.3 Å². The average Bonchev–Trinajstić information content (AvgIpc) is 3.08. The van der Waals surface area contributed by atoms with Crippen LogP contribution in [0.25, 0.3) is 5.65 Å². The topological polar surface area (TPSA) is 49.6 Å². The van der Waals surface area contributed by atoms with Gasteiger partial charge in [0.15, 0.2) is 5.69 Å². The molecule has 1 N–H and O–H groups in total. The van der Waals surface area contributed by atoms with Crippen LogP contribution in [0.15, 0.2) is 24.4 Å². The summed E-state index contributed by atoms with van der Waals surface area (Å²) >= 11 is 0. The molecular weight excluding hydrogens is 271 g/mol. The van der Waals surface area contributed by atoms with Crippen LogP contribution in [0.1, 0.15) is 23.3 Å². The summed E-state index contributed by atoms with van der Waals surface area (Å²) in [5.41, 5.74) is 0.396. The second kappa shape index (κ2) is 4.80. The number of nitrogens with zero attached hydrogens (tertiary/aromatic N) is 3. The van der Waals surface area contributed by atoms with Crippen molar-refractivity contribution < 1.29 is 9.18 Å². The fraction of sp³-hybridized carbons (Fsp3) is 0.467. The van der Waals surface area contributed by atoms with E-state index in [4.69, 9.17) is 0 Å². The number of imidazole rings is 1. The number of fused-ring (bicyclic) bond motifs is 2. The van der Waals surface area contributed by atoms with Gasteiger partial charge in [-0.3, -0.25) is 9.20 Å². The first-order valence-electron chi connectivity index (χ1n) is 7.39. The zero-order chi connectivity index (χ0) is 14.4. The van der Waals surface area contributed by atoms with Gasteiger partial charge in [-0.25, -0.2) is 4.98 Å². The Morgan fingerprint density at radius 3 is 3.10 bits per heavy atom. The predicted molar refractivity (Wildman–Crippen MR) is 75.6 cm³/mol. The summed E-state index contributed by atoms with van der Waals surface area (Å²) in [4.78, 5) is 18.4. The summed E-state index contributed by atoms with van der Waals surface area (Å²) in [6.45, 7) is 2.35. The molecular formula is C15H17FN4O. The Kier molecular flexibility index (Phi) is 2.92. The van der Waals surface area contributed by atoms with E-state index in [2.05, 4.69) is 10.3 Å². The lowest BCUT2D eigenvalue weighted by Crippen LogP contribution is -2.41. The number of carbonyl (C=O) groups is 1. The van der Waals surface area contributed by atoms with Crippen molar-refractivity contribution in [3.05, 3.63) is 36.0 Å². The molecule has 0 aliphatic carbocycles. The van der Waals surface area contributed by atoms with Crippen LogP contribution in [0.3, 0.4) is 0 Å². The highest BCUT2D eigenvalue weighted by Crippen LogP contribution is 2.26. The summed E-state index contributed by atoms with van der Waals surface area (Å²) in [6, 6.07) is 5.55. The fourth-order valence-electron chi connectivity index (χ4n) is 3.46. The van der Waals surface area contributed by atoms with Crippen molar-refractivity contribution in [2.24, 2.45) is 5.92 Å². The molecule has 0 radical (unpaired) electrons. The minimum absolute atomic E-state index is 0.0696. The van der Waals surface area contributed by atoms with Gasteiger partial charge in [-0.15, -0.1) is 0 Å². The Morgan fingerprint density at radius 2 is 2.29 bits per heavy atom. The van der Waals surface area contributed by atoms with E-state index >= 15 is 0 Å². The third kappa shape index (κ3) is 2.01. The van der Waals surface area contributed by atoms with E-state index in [1.807, 2.05) is 0 Å². The Hall–Kier alpha value is -1.95. The average molecular weight is 288 g/mol. The maximum atomic E-state index is 14.3. The second-order valence-electron chi connectivity index (χ2n) is 5.85. The summed E-state index contributed by atoms with van der Waals surface area (Å²) in [7, 11) is 0. The van der Waals surface area contributed by atoms with Crippen LogP contribution in [0.4, 0.5) is 4.39 Å². The van der Waals surface area contributed by atoms with Crippen molar-refractivity contribution in [3.8, 4) is 0 Å². The normalized spacial score (nSPS) is 25.3. The van der Waals surface area contributed by atoms with Gasteiger partial charge in [-0.2, -0.15) is 4.39 Å². The van der Waals surface area contributed by atoms with E-state index in [9.17, 15) is 9.18 Å². The summed E-state index contributed by atoms with van der Waals surface area (Å²) < 4.78 is 15.7. The van der Waals surface area contributed by atoms with E-state index in [1.54, 1.807) is 29.3 Å². The molecule has 2 fully saturated rings. The highest BCUT2D eigenvalue weighted by molar-refractivity contribution is 5.93.